The van der Waals surface area contributed by atoms with Crippen LogP contribution in [0, 0.1) is 0 Å². The first kappa shape index (κ1) is 21.2. The molecule has 1 aromatic carbocycles. The Hall–Kier alpha value is -2.51. The molecule has 1 aliphatic heterocycles. The zero-order valence-electron chi connectivity index (χ0n) is 15.1. The Bertz CT molecular complexity index is 954. The van der Waals surface area contributed by atoms with Crippen molar-refractivity contribution in [1.29, 1.82) is 0 Å². The number of aromatic amines is 1. The van der Waals surface area contributed by atoms with Crippen molar-refractivity contribution in [2.45, 2.75) is 23.9 Å². The van der Waals surface area contributed by atoms with E-state index in [1.54, 1.807) is 17.2 Å². The standard InChI is InChI=1S/C16H18F3N5O4S/c17-16(18,19)14-21-15(23-22-14)20-13(25)6-3-11-1-4-12(5-2-11)29(26,27)24-7-9-28-10-8-24/h1-2,4-5H,3,6-10H2,(H2,20,21,22,23,25). The Morgan fingerprint density at radius 2 is 1.86 bits per heavy atom. The van der Waals surface area contributed by atoms with Crippen molar-refractivity contribution < 1.29 is 31.1 Å². The molecule has 9 nitrogen and oxygen atoms in total. The van der Waals surface area contributed by atoms with Gasteiger partial charge in [0.15, 0.2) is 0 Å². The molecular weight excluding hydrogens is 415 g/mol. The predicted octanol–water partition coefficient (Wildman–Crippen LogP) is 1.42. The highest BCUT2D eigenvalue weighted by atomic mass is 32.2. The molecule has 0 spiro atoms. The summed E-state index contributed by atoms with van der Waals surface area (Å²) in [5.41, 5.74) is 0.701. The van der Waals surface area contributed by atoms with Crippen molar-refractivity contribution in [3.05, 3.63) is 35.7 Å². The maximum atomic E-state index is 12.5. The number of hydrogen-bond donors (Lipinski definition) is 2. The maximum Gasteiger partial charge on any atom is 0.451 e. The molecule has 1 fully saturated rings. The molecule has 0 bridgehead atoms. The number of nitrogens with one attached hydrogen (secondary N) is 2. The largest absolute Gasteiger partial charge is 0.451 e. The van der Waals surface area contributed by atoms with Gasteiger partial charge < -0.3 is 4.74 Å². The van der Waals surface area contributed by atoms with Crippen molar-refractivity contribution in [3.63, 3.8) is 0 Å². The van der Waals surface area contributed by atoms with Gasteiger partial charge in [0.05, 0.1) is 18.1 Å². The second-order valence-corrected chi connectivity index (χ2v) is 8.15. The van der Waals surface area contributed by atoms with E-state index in [1.165, 1.54) is 16.4 Å². The molecule has 0 unspecified atom stereocenters. The number of anilines is 1. The lowest BCUT2D eigenvalue weighted by Crippen LogP contribution is -2.40. The van der Waals surface area contributed by atoms with Crippen molar-refractivity contribution in [2.24, 2.45) is 0 Å². The molecule has 0 saturated carbocycles. The third kappa shape index (κ3) is 5.31. The highest BCUT2D eigenvalue weighted by molar-refractivity contribution is 7.89. The normalized spacial score (nSPS) is 16.0. The van der Waals surface area contributed by atoms with E-state index >= 15 is 0 Å². The van der Waals surface area contributed by atoms with Gasteiger partial charge in [-0.25, -0.2) is 8.42 Å². The number of aromatic nitrogens is 3. The average Bonchev–Trinajstić information content (AvgIpc) is 3.16. The van der Waals surface area contributed by atoms with E-state index < -0.39 is 33.9 Å². The molecule has 0 radical (unpaired) electrons. The number of carbonyl (C=O) groups is 1. The van der Waals surface area contributed by atoms with Gasteiger partial charge in [0.25, 0.3) is 0 Å². The third-order valence-electron chi connectivity index (χ3n) is 4.18. The van der Waals surface area contributed by atoms with E-state index in [0.29, 0.717) is 31.9 Å². The fourth-order valence-corrected chi connectivity index (χ4v) is 4.06. The number of sulfonamides is 1. The van der Waals surface area contributed by atoms with E-state index in [2.05, 4.69) is 15.4 Å². The van der Waals surface area contributed by atoms with Crippen LogP contribution in [0.25, 0.3) is 0 Å². The molecule has 1 amide bonds. The highest BCUT2D eigenvalue weighted by Gasteiger charge is 2.35. The van der Waals surface area contributed by atoms with Gasteiger partial charge in [-0.1, -0.05) is 12.1 Å². The van der Waals surface area contributed by atoms with Crippen LogP contribution in [0.5, 0.6) is 0 Å². The molecule has 0 atom stereocenters. The topological polar surface area (TPSA) is 117 Å². The molecule has 2 N–H and O–H groups in total. The van der Waals surface area contributed by atoms with Crippen LogP contribution in [0.2, 0.25) is 0 Å². The first-order valence-corrected chi connectivity index (χ1v) is 10.1. The molecule has 13 heteroatoms. The first-order valence-electron chi connectivity index (χ1n) is 8.62. The number of benzene rings is 1. The lowest BCUT2D eigenvalue weighted by molar-refractivity contribution is -0.144. The van der Waals surface area contributed by atoms with E-state index in [-0.39, 0.29) is 17.7 Å². The minimum absolute atomic E-state index is 0.0363. The number of amides is 1. The summed E-state index contributed by atoms with van der Waals surface area (Å²) in [7, 11) is -3.60. The van der Waals surface area contributed by atoms with Crippen molar-refractivity contribution in [3.8, 4) is 0 Å². The quantitative estimate of drug-likeness (QED) is 0.712. The summed E-state index contributed by atoms with van der Waals surface area (Å²) < 4.78 is 68.9. The van der Waals surface area contributed by atoms with E-state index in [9.17, 15) is 26.4 Å². The number of alkyl halides is 3. The summed E-state index contributed by atoms with van der Waals surface area (Å²) in [5, 5.41) is 7.17. The number of aryl methyl sites for hydroxylation is 1. The molecule has 1 aliphatic rings. The van der Waals surface area contributed by atoms with Gasteiger partial charge in [-0.05, 0) is 24.1 Å². The van der Waals surface area contributed by atoms with Crippen LogP contribution in [-0.2, 0) is 32.2 Å². The van der Waals surface area contributed by atoms with Gasteiger partial charge in [0.2, 0.25) is 27.7 Å². The van der Waals surface area contributed by atoms with Crippen LogP contribution in [0.1, 0.15) is 17.8 Å². The van der Waals surface area contributed by atoms with Gasteiger partial charge in [0.1, 0.15) is 0 Å². The molecular formula is C16H18F3N5O4S. The number of carbonyl (C=O) groups excluding carboxylic acids is 1. The molecule has 1 aromatic heterocycles. The van der Waals surface area contributed by atoms with Crippen LogP contribution in [0.15, 0.2) is 29.2 Å². The van der Waals surface area contributed by atoms with Gasteiger partial charge in [-0.2, -0.15) is 22.5 Å². The van der Waals surface area contributed by atoms with Gasteiger partial charge in [-0.3, -0.25) is 15.2 Å². The minimum atomic E-state index is -4.68. The Balaban J connectivity index is 1.54. The molecule has 2 heterocycles. The van der Waals surface area contributed by atoms with E-state index in [4.69, 9.17) is 4.74 Å². The maximum absolute atomic E-state index is 12.5. The fourth-order valence-electron chi connectivity index (χ4n) is 2.65. The van der Waals surface area contributed by atoms with Crippen molar-refractivity contribution in [1.82, 2.24) is 19.5 Å². The van der Waals surface area contributed by atoms with Crippen molar-refractivity contribution >= 4 is 21.9 Å². The van der Waals surface area contributed by atoms with E-state index in [1.807, 2.05) is 0 Å². The fraction of sp³-hybridized carbons (Fsp3) is 0.438. The zero-order valence-corrected chi connectivity index (χ0v) is 15.9. The zero-order chi connectivity index (χ0) is 21.1. The molecule has 2 aromatic rings. The lowest BCUT2D eigenvalue weighted by atomic mass is 10.1. The summed E-state index contributed by atoms with van der Waals surface area (Å²) in [6.45, 7) is 1.28. The summed E-state index contributed by atoms with van der Waals surface area (Å²) >= 11 is 0. The molecule has 1 saturated heterocycles. The smallest absolute Gasteiger partial charge is 0.379 e. The SMILES string of the molecule is O=C(CCc1ccc(S(=O)(=O)N2CCOCC2)cc1)Nc1n[nH]c(C(F)(F)F)n1. The van der Waals surface area contributed by atoms with Crippen molar-refractivity contribution in [2.75, 3.05) is 31.6 Å². The first-order chi connectivity index (χ1) is 13.7. The Morgan fingerprint density at radius 1 is 1.21 bits per heavy atom. The number of ether oxygens (including phenoxy) is 1. The number of hydrogen-bond acceptors (Lipinski definition) is 6. The molecule has 3 rings (SSSR count). The molecule has 0 aliphatic carbocycles. The van der Waals surface area contributed by atoms with Crippen LogP contribution in [0.4, 0.5) is 19.1 Å². The van der Waals surface area contributed by atoms with Crippen LogP contribution < -0.4 is 5.32 Å². The summed E-state index contributed by atoms with van der Waals surface area (Å²) in [6.07, 6.45) is -4.45. The number of morpholine rings is 1. The number of rotatable bonds is 6. The molecule has 158 valence electrons. The van der Waals surface area contributed by atoms with Crippen LogP contribution in [0.3, 0.4) is 0 Å². The average molecular weight is 433 g/mol. The summed E-state index contributed by atoms with van der Waals surface area (Å²) in [4.78, 5) is 15.2. The van der Waals surface area contributed by atoms with Crippen LogP contribution in [-0.4, -0.2) is 60.1 Å². The van der Waals surface area contributed by atoms with Crippen LogP contribution >= 0.6 is 0 Å². The Morgan fingerprint density at radius 3 is 2.45 bits per heavy atom. The Labute approximate surface area is 164 Å². The number of H-pyrrole nitrogens is 1. The van der Waals surface area contributed by atoms with E-state index in [0.717, 1.165) is 0 Å². The minimum Gasteiger partial charge on any atom is -0.379 e. The lowest BCUT2D eigenvalue weighted by Gasteiger charge is -2.26. The van der Waals surface area contributed by atoms with Gasteiger partial charge >= 0.3 is 6.18 Å². The number of nitrogens with zero attached hydrogens (tertiary/aromatic N) is 3. The second-order valence-electron chi connectivity index (χ2n) is 6.21. The summed E-state index contributed by atoms with van der Waals surface area (Å²) in [6, 6.07) is 6.11. The Kier molecular flexibility index (Phi) is 6.19. The highest BCUT2D eigenvalue weighted by Crippen LogP contribution is 2.26. The van der Waals surface area contributed by atoms with Gasteiger partial charge in [-0.15, -0.1) is 5.10 Å². The second kappa shape index (κ2) is 8.47. The third-order valence-corrected chi connectivity index (χ3v) is 6.09. The monoisotopic (exact) mass is 433 g/mol. The summed E-state index contributed by atoms with van der Waals surface area (Å²) in [5.74, 6) is -2.33. The van der Waals surface area contributed by atoms with Gasteiger partial charge in [0, 0.05) is 19.5 Å². The number of halogens is 3. The predicted molar refractivity (Wildman–Crippen MR) is 94.4 cm³/mol. The molecule has 29 heavy (non-hydrogen) atoms.